The lowest BCUT2D eigenvalue weighted by molar-refractivity contribution is -0.115. The average Bonchev–Trinajstić information content (AvgIpc) is 2.85. The summed E-state index contributed by atoms with van der Waals surface area (Å²) in [7, 11) is 0. The third kappa shape index (κ3) is 2.20. The molecule has 0 aromatic heterocycles. The van der Waals surface area contributed by atoms with Crippen LogP contribution in [0.15, 0.2) is 24.2 Å². The minimum atomic E-state index is 0.185. The molecule has 0 radical (unpaired) electrons. The van der Waals surface area contributed by atoms with Crippen molar-refractivity contribution in [2.75, 3.05) is 0 Å². The molecular formula is C11H14O2. The van der Waals surface area contributed by atoms with E-state index >= 15 is 0 Å². The average molecular weight is 178 g/mol. The quantitative estimate of drug-likeness (QED) is 0.621. The maximum Gasteiger partial charge on any atom is 0.159 e. The Morgan fingerprint density at radius 2 is 2.23 bits per heavy atom. The van der Waals surface area contributed by atoms with Gasteiger partial charge in [-0.1, -0.05) is 6.58 Å². The molecule has 2 rings (SSSR count). The largest absolute Gasteiger partial charge is 0.466 e. The van der Waals surface area contributed by atoms with Gasteiger partial charge in [0.1, 0.15) is 5.76 Å². The zero-order valence-corrected chi connectivity index (χ0v) is 7.71. The Hall–Kier alpha value is -1.05. The Balaban J connectivity index is 1.92. The number of ketones is 1. The van der Waals surface area contributed by atoms with E-state index in [0.29, 0.717) is 12.3 Å². The van der Waals surface area contributed by atoms with Crippen molar-refractivity contribution >= 4 is 5.78 Å². The molecular weight excluding hydrogens is 164 g/mol. The van der Waals surface area contributed by atoms with Gasteiger partial charge >= 0.3 is 0 Å². The van der Waals surface area contributed by atoms with E-state index in [2.05, 4.69) is 6.58 Å². The first-order valence-corrected chi connectivity index (χ1v) is 4.86. The number of hydrogen-bond donors (Lipinski definition) is 0. The molecule has 0 amide bonds. The van der Waals surface area contributed by atoms with Crippen molar-refractivity contribution in [3.05, 3.63) is 24.2 Å². The first-order chi connectivity index (χ1) is 6.25. The molecule has 0 aliphatic heterocycles. The predicted octanol–water partition coefficient (Wildman–Crippen LogP) is 2.56. The molecule has 2 aliphatic carbocycles. The van der Waals surface area contributed by atoms with Crippen LogP contribution >= 0.6 is 0 Å². The van der Waals surface area contributed by atoms with Crippen LogP contribution in [0.3, 0.4) is 0 Å². The van der Waals surface area contributed by atoms with Crippen molar-refractivity contribution in [1.29, 1.82) is 0 Å². The molecule has 0 spiro atoms. The smallest absolute Gasteiger partial charge is 0.159 e. The van der Waals surface area contributed by atoms with E-state index in [9.17, 15) is 4.79 Å². The summed E-state index contributed by atoms with van der Waals surface area (Å²) in [6.45, 7) is 3.86. The second kappa shape index (κ2) is 3.36. The summed E-state index contributed by atoms with van der Waals surface area (Å²) >= 11 is 0. The van der Waals surface area contributed by atoms with Crippen LogP contribution in [0.5, 0.6) is 0 Å². The molecule has 1 fully saturated rings. The van der Waals surface area contributed by atoms with Crippen molar-refractivity contribution in [1.82, 2.24) is 0 Å². The fourth-order valence-corrected chi connectivity index (χ4v) is 1.50. The summed E-state index contributed by atoms with van der Waals surface area (Å²) in [5.41, 5.74) is 0. The van der Waals surface area contributed by atoms with Crippen LogP contribution < -0.4 is 0 Å². The Kier molecular flexibility index (Phi) is 2.21. The second-order valence-corrected chi connectivity index (χ2v) is 3.77. The molecule has 0 aromatic rings. The van der Waals surface area contributed by atoms with Crippen molar-refractivity contribution in [3.63, 3.8) is 0 Å². The summed E-state index contributed by atoms with van der Waals surface area (Å²) in [4.78, 5) is 11.1. The number of hydrogen-bond acceptors (Lipinski definition) is 2. The van der Waals surface area contributed by atoms with Gasteiger partial charge in [-0.05, 0) is 19.3 Å². The van der Waals surface area contributed by atoms with Gasteiger partial charge < -0.3 is 4.74 Å². The topological polar surface area (TPSA) is 26.3 Å². The monoisotopic (exact) mass is 178 g/mol. The highest BCUT2D eigenvalue weighted by atomic mass is 16.5. The summed E-state index contributed by atoms with van der Waals surface area (Å²) in [5, 5.41) is 0. The zero-order valence-electron chi connectivity index (χ0n) is 7.71. The van der Waals surface area contributed by atoms with E-state index in [-0.39, 0.29) is 5.78 Å². The maximum atomic E-state index is 11.1. The van der Waals surface area contributed by atoms with Gasteiger partial charge in [-0.3, -0.25) is 4.79 Å². The van der Waals surface area contributed by atoms with Crippen molar-refractivity contribution in [2.45, 2.75) is 32.1 Å². The molecule has 0 atom stereocenters. The van der Waals surface area contributed by atoms with E-state index in [1.807, 2.05) is 0 Å². The molecule has 0 heterocycles. The lowest BCUT2D eigenvalue weighted by Crippen LogP contribution is -2.05. The van der Waals surface area contributed by atoms with Gasteiger partial charge in [0.25, 0.3) is 0 Å². The number of allylic oxidation sites excluding steroid dienone is 3. The molecule has 0 bridgehead atoms. The molecule has 2 aliphatic rings. The minimum Gasteiger partial charge on any atom is -0.466 e. The molecule has 0 N–H and O–H groups in total. The highest BCUT2D eigenvalue weighted by Gasteiger charge is 2.27. The second-order valence-electron chi connectivity index (χ2n) is 3.77. The van der Waals surface area contributed by atoms with Gasteiger partial charge in [0.05, 0.1) is 5.76 Å². The summed E-state index contributed by atoms with van der Waals surface area (Å²) in [5.74, 6) is 2.40. The normalized spacial score (nSPS) is 22.5. The first-order valence-electron chi connectivity index (χ1n) is 4.86. The van der Waals surface area contributed by atoms with Crippen molar-refractivity contribution in [2.24, 2.45) is 5.92 Å². The van der Waals surface area contributed by atoms with Crippen LogP contribution in [-0.2, 0) is 9.53 Å². The molecule has 0 saturated heterocycles. The summed E-state index contributed by atoms with van der Waals surface area (Å²) < 4.78 is 5.53. The van der Waals surface area contributed by atoms with Gasteiger partial charge in [-0.2, -0.15) is 0 Å². The zero-order chi connectivity index (χ0) is 9.26. The predicted molar refractivity (Wildman–Crippen MR) is 49.9 cm³/mol. The molecule has 2 nitrogen and oxygen atoms in total. The Labute approximate surface area is 78.3 Å². The lowest BCUT2D eigenvalue weighted by atomic mass is 10.1. The Morgan fingerprint density at radius 1 is 1.46 bits per heavy atom. The number of carbonyl (C=O) groups excluding carboxylic acids is 1. The number of carbonyl (C=O) groups is 1. The van der Waals surface area contributed by atoms with Gasteiger partial charge in [0.2, 0.25) is 0 Å². The van der Waals surface area contributed by atoms with Crippen LogP contribution in [0.1, 0.15) is 32.1 Å². The van der Waals surface area contributed by atoms with Gasteiger partial charge in [-0.25, -0.2) is 0 Å². The van der Waals surface area contributed by atoms with Crippen LogP contribution in [0, 0.1) is 5.92 Å². The van der Waals surface area contributed by atoms with Crippen molar-refractivity contribution < 1.29 is 9.53 Å². The fraction of sp³-hybridized carbons (Fsp3) is 0.545. The third-order valence-corrected chi connectivity index (χ3v) is 2.46. The van der Waals surface area contributed by atoms with E-state index in [1.54, 1.807) is 6.08 Å². The van der Waals surface area contributed by atoms with E-state index in [1.165, 1.54) is 12.8 Å². The van der Waals surface area contributed by atoms with Crippen LogP contribution in [0.2, 0.25) is 0 Å². The van der Waals surface area contributed by atoms with E-state index in [0.717, 1.165) is 24.4 Å². The highest BCUT2D eigenvalue weighted by Crippen LogP contribution is 2.37. The van der Waals surface area contributed by atoms with Crippen LogP contribution in [0.25, 0.3) is 0 Å². The Bertz CT molecular complexity index is 272. The molecule has 13 heavy (non-hydrogen) atoms. The first kappa shape index (κ1) is 8.54. The van der Waals surface area contributed by atoms with E-state index < -0.39 is 0 Å². The minimum absolute atomic E-state index is 0.185. The number of ether oxygens (including phenoxy) is 1. The summed E-state index contributed by atoms with van der Waals surface area (Å²) in [6, 6.07) is 0. The molecule has 0 unspecified atom stereocenters. The van der Waals surface area contributed by atoms with Crippen LogP contribution in [-0.4, -0.2) is 5.78 Å². The van der Waals surface area contributed by atoms with Gasteiger partial charge in [0, 0.05) is 24.8 Å². The lowest BCUT2D eigenvalue weighted by Gasteiger charge is -2.14. The molecule has 70 valence electrons. The maximum absolute atomic E-state index is 11.1. The van der Waals surface area contributed by atoms with Crippen molar-refractivity contribution in [3.8, 4) is 0 Å². The standard InChI is InChI=1S/C11H14O2/c1-8(9-5-6-9)13-11-4-2-3-10(12)7-11/h7,9H,1-6H2. The fourth-order valence-electron chi connectivity index (χ4n) is 1.50. The van der Waals surface area contributed by atoms with Gasteiger partial charge in [-0.15, -0.1) is 0 Å². The number of rotatable bonds is 3. The summed E-state index contributed by atoms with van der Waals surface area (Å²) in [6.07, 6.45) is 6.49. The SMILES string of the molecule is C=C(OC1=CC(=O)CCC1)C1CC1. The molecule has 0 aromatic carbocycles. The van der Waals surface area contributed by atoms with E-state index in [4.69, 9.17) is 4.74 Å². The molecule has 1 saturated carbocycles. The Morgan fingerprint density at radius 3 is 2.85 bits per heavy atom. The molecule has 2 heteroatoms. The van der Waals surface area contributed by atoms with Crippen LogP contribution in [0.4, 0.5) is 0 Å². The third-order valence-electron chi connectivity index (χ3n) is 2.46. The highest BCUT2D eigenvalue weighted by molar-refractivity contribution is 5.90. The van der Waals surface area contributed by atoms with Gasteiger partial charge in [0.15, 0.2) is 5.78 Å².